The molecule has 0 radical (unpaired) electrons. The molecule has 0 bridgehead atoms. The summed E-state index contributed by atoms with van der Waals surface area (Å²) < 4.78 is 11.1. The molecule has 2 aromatic rings. The van der Waals surface area contributed by atoms with Crippen molar-refractivity contribution in [1.82, 2.24) is 0 Å². The van der Waals surface area contributed by atoms with E-state index in [0.29, 0.717) is 27.8 Å². The van der Waals surface area contributed by atoms with Crippen molar-refractivity contribution < 1.29 is 14.4 Å². The minimum Gasteiger partial charge on any atom is -0.493 e. The first-order valence-electron chi connectivity index (χ1n) is 8.67. The van der Waals surface area contributed by atoms with Gasteiger partial charge < -0.3 is 14.8 Å². The zero-order valence-corrected chi connectivity index (χ0v) is 15.7. The molecule has 0 amide bonds. The number of methoxy groups -OCH3 is 2. The Morgan fingerprint density at radius 2 is 2.04 bits per heavy atom. The van der Waals surface area contributed by atoms with Gasteiger partial charge in [0.1, 0.15) is 0 Å². The highest BCUT2D eigenvalue weighted by Gasteiger charge is 2.43. The number of nitrogens with one attached hydrogen (secondary N) is 1. The van der Waals surface area contributed by atoms with Gasteiger partial charge in [-0.05, 0) is 24.5 Å². The molecule has 1 heterocycles. The van der Waals surface area contributed by atoms with Crippen molar-refractivity contribution in [3.05, 3.63) is 68.7 Å². The van der Waals surface area contributed by atoms with Gasteiger partial charge in [-0.3, -0.25) is 10.1 Å². The maximum atomic E-state index is 11.6. The summed E-state index contributed by atoms with van der Waals surface area (Å²) in [5.74, 6) is 1.35. The molecule has 0 unspecified atom stereocenters. The van der Waals surface area contributed by atoms with E-state index in [1.54, 1.807) is 20.3 Å². The lowest BCUT2D eigenvalue weighted by Crippen LogP contribution is -2.30. The second kappa shape index (κ2) is 6.78. The van der Waals surface area contributed by atoms with Gasteiger partial charge in [0.05, 0.1) is 41.5 Å². The Balaban J connectivity index is 1.89. The van der Waals surface area contributed by atoms with Gasteiger partial charge in [-0.25, -0.2) is 0 Å². The second-order valence-corrected chi connectivity index (χ2v) is 7.08. The lowest BCUT2D eigenvalue weighted by atomic mass is 9.76. The normalized spacial score (nSPS) is 22.6. The summed E-state index contributed by atoms with van der Waals surface area (Å²) in [5.41, 5.74) is 2.32. The SMILES string of the molecule is COc1cccc([C@@H]2Nc3c(Cl)ccc([N+](=O)[O-])c3[C@H]3C=CC[C@@H]32)c1OC. The number of allylic oxidation sites excluding steroid dienone is 2. The highest BCUT2D eigenvalue weighted by molar-refractivity contribution is 6.33. The number of hydrogen-bond donors (Lipinski definition) is 1. The van der Waals surface area contributed by atoms with Crippen LogP contribution in [0.4, 0.5) is 11.4 Å². The van der Waals surface area contributed by atoms with E-state index in [9.17, 15) is 10.1 Å². The molecule has 0 saturated heterocycles. The van der Waals surface area contributed by atoms with Crippen LogP contribution in [0.1, 0.15) is 29.5 Å². The molecule has 0 fully saturated rings. The van der Waals surface area contributed by atoms with Gasteiger partial charge >= 0.3 is 0 Å². The summed E-state index contributed by atoms with van der Waals surface area (Å²) in [6.07, 6.45) is 4.94. The van der Waals surface area contributed by atoms with E-state index in [2.05, 4.69) is 11.4 Å². The van der Waals surface area contributed by atoms with Crippen molar-refractivity contribution in [2.45, 2.75) is 18.4 Å². The number of para-hydroxylation sites is 1. The third kappa shape index (κ3) is 2.72. The number of rotatable bonds is 4. The van der Waals surface area contributed by atoms with Crippen LogP contribution in [-0.2, 0) is 0 Å². The van der Waals surface area contributed by atoms with Crippen LogP contribution in [0.25, 0.3) is 0 Å². The Labute approximate surface area is 161 Å². The summed E-state index contributed by atoms with van der Waals surface area (Å²) in [7, 11) is 3.21. The van der Waals surface area contributed by atoms with Gasteiger partial charge in [-0.1, -0.05) is 35.9 Å². The Morgan fingerprint density at radius 1 is 1.22 bits per heavy atom. The van der Waals surface area contributed by atoms with Crippen LogP contribution in [0, 0.1) is 16.0 Å². The van der Waals surface area contributed by atoms with Crippen LogP contribution in [0.2, 0.25) is 5.02 Å². The quantitative estimate of drug-likeness (QED) is 0.450. The van der Waals surface area contributed by atoms with E-state index >= 15 is 0 Å². The average molecular weight is 387 g/mol. The van der Waals surface area contributed by atoms with Crippen LogP contribution in [-0.4, -0.2) is 19.1 Å². The summed E-state index contributed by atoms with van der Waals surface area (Å²) in [6.45, 7) is 0. The highest BCUT2D eigenvalue weighted by atomic mass is 35.5. The minimum absolute atomic E-state index is 0.0822. The lowest BCUT2D eigenvalue weighted by Gasteiger charge is -2.38. The summed E-state index contributed by atoms with van der Waals surface area (Å²) in [4.78, 5) is 11.2. The highest BCUT2D eigenvalue weighted by Crippen LogP contribution is 2.55. The molecular weight excluding hydrogens is 368 g/mol. The van der Waals surface area contributed by atoms with E-state index in [0.717, 1.165) is 12.0 Å². The summed E-state index contributed by atoms with van der Waals surface area (Å²) in [5, 5.41) is 15.5. The lowest BCUT2D eigenvalue weighted by molar-refractivity contribution is -0.385. The Hall–Kier alpha value is -2.73. The molecule has 27 heavy (non-hydrogen) atoms. The number of benzene rings is 2. The largest absolute Gasteiger partial charge is 0.493 e. The smallest absolute Gasteiger partial charge is 0.275 e. The number of ether oxygens (including phenoxy) is 2. The van der Waals surface area contributed by atoms with Crippen molar-refractivity contribution in [3.63, 3.8) is 0 Å². The number of halogens is 1. The molecule has 0 spiro atoms. The Morgan fingerprint density at radius 3 is 2.74 bits per heavy atom. The van der Waals surface area contributed by atoms with Gasteiger partial charge in [0.15, 0.2) is 11.5 Å². The van der Waals surface area contributed by atoms with Gasteiger partial charge in [0, 0.05) is 17.5 Å². The van der Waals surface area contributed by atoms with E-state index in [1.807, 2.05) is 24.3 Å². The van der Waals surface area contributed by atoms with Crippen LogP contribution in [0.5, 0.6) is 11.5 Å². The van der Waals surface area contributed by atoms with E-state index < -0.39 is 0 Å². The number of anilines is 1. The van der Waals surface area contributed by atoms with E-state index in [1.165, 1.54) is 6.07 Å². The number of nitrogens with zero attached hydrogens (tertiary/aromatic N) is 1. The third-order valence-corrected chi connectivity index (χ3v) is 5.73. The number of fused-ring (bicyclic) bond motifs is 3. The van der Waals surface area contributed by atoms with E-state index in [4.69, 9.17) is 21.1 Å². The number of nitro groups is 1. The summed E-state index contributed by atoms with van der Waals surface area (Å²) >= 11 is 6.43. The van der Waals surface area contributed by atoms with Crippen LogP contribution < -0.4 is 14.8 Å². The molecule has 2 aliphatic rings. The monoisotopic (exact) mass is 386 g/mol. The maximum absolute atomic E-state index is 11.6. The standard InChI is InChI=1S/C20H19ClN2O4/c1-26-16-8-4-7-13(20(16)27-2)18-12-6-3-5-11(12)17-15(23(24)25)10-9-14(21)19(17)22-18/h3-5,7-12,18,22H,6H2,1-2H3/t11-,12-,18+/m0/s1. The molecule has 0 aromatic heterocycles. The fourth-order valence-electron chi connectivity index (χ4n) is 4.28. The first-order valence-corrected chi connectivity index (χ1v) is 9.05. The fourth-order valence-corrected chi connectivity index (χ4v) is 4.50. The van der Waals surface area contributed by atoms with Gasteiger partial charge in [0.2, 0.25) is 0 Å². The minimum atomic E-state index is -0.341. The molecule has 1 N–H and O–H groups in total. The first kappa shape index (κ1) is 17.7. The predicted molar refractivity (Wildman–Crippen MR) is 104 cm³/mol. The van der Waals surface area contributed by atoms with Crippen LogP contribution in [0.3, 0.4) is 0 Å². The number of hydrogen-bond acceptors (Lipinski definition) is 5. The van der Waals surface area contributed by atoms with Crippen molar-refractivity contribution >= 4 is 23.0 Å². The summed E-state index contributed by atoms with van der Waals surface area (Å²) in [6, 6.07) is 8.71. The topological polar surface area (TPSA) is 73.6 Å². The third-order valence-electron chi connectivity index (χ3n) is 5.41. The predicted octanol–water partition coefficient (Wildman–Crippen LogP) is 5.09. The average Bonchev–Trinajstić information content (AvgIpc) is 3.16. The molecular formula is C20H19ClN2O4. The first-order chi connectivity index (χ1) is 13.1. The second-order valence-electron chi connectivity index (χ2n) is 6.67. The van der Waals surface area contributed by atoms with Crippen LogP contribution in [0.15, 0.2) is 42.5 Å². The van der Waals surface area contributed by atoms with Crippen LogP contribution >= 0.6 is 11.6 Å². The molecule has 7 heteroatoms. The number of nitro benzene ring substituents is 1. The molecule has 140 valence electrons. The molecule has 2 aromatic carbocycles. The molecule has 1 aliphatic carbocycles. The van der Waals surface area contributed by atoms with Crippen molar-refractivity contribution in [1.29, 1.82) is 0 Å². The zero-order valence-electron chi connectivity index (χ0n) is 14.9. The van der Waals surface area contributed by atoms with Gasteiger partial charge in [0.25, 0.3) is 5.69 Å². The zero-order chi connectivity index (χ0) is 19.1. The van der Waals surface area contributed by atoms with Gasteiger partial charge in [-0.15, -0.1) is 0 Å². The molecule has 6 nitrogen and oxygen atoms in total. The van der Waals surface area contributed by atoms with Crippen molar-refractivity contribution in [2.75, 3.05) is 19.5 Å². The maximum Gasteiger partial charge on any atom is 0.275 e. The van der Waals surface area contributed by atoms with Crippen molar-refractivity contribution in [2.24, 2.45) is 5.92 Å². The molecule has 0 saturated carbocycles. The molecule has 3 atom stereocenters. The molecule has 1 aliphatic heterocycles. The van der Waals surface area contributed by atoms with Crippen molar-refractivity contribution in [3.8, 4) is 11.5 Å². The Bertz CT molecular complexity index is 944. The Kier molecular flexibility index (Phi) is 4.44. The molecule has 4 rings (SSSR count). The fraction of sp³-hybridized carbons (Fsp3) is 0.300. The van der Waals surface area contributed by atoms with Gasteiger partial charge in [-0.2, -0.15) is 0 Å². The van der Waals surface area contributed by atoms with E-state index in [-0.39, 0.29) is 28.5 Å².